The van der Waals surface area contributed by atoms with Crippen molar-refractivity contribution < 1.29 is 14.3 Å². The number of hydrogen-bond donors (Lipinski definition) is 1. The number of thiophene rings is 1. The zero-order valence-corrected chi connectivity index (χ0v) is 12.7. The van der Waals surface area contributed by atoms with Gasteiger partial charge in [-0.2, -0.15) is 0 Å². The molecular formula is C16H17NO3S. The molecule has 1 amide bonds. The molecule has 1 aromatic carbocycles. The summed E-state index contributed by atoms with van der Waals surface area (Å²) >= 11 is 1.47. The molecule has 1 N–H and O–H groups in total. The Morgan fingerprint density at radius 1 is 1.24 bits per heavy atom. The third-order valence-electron chi connectivity index (χ3n) is 3.34. The number of anilines is 1. The summed E-state index contributed by atoms with van der Waals surface area (Å²) in [7, 11) is 0. The number of rotatable bonds is 3. The van der Waals surface area contributed by atoms with E-state index in [9.17, 15) is 4.79 Å². The minimum Gasteiger partial charge on any atom is -0.490 e. The van der Waals surface area contributed by atoms with Crippen LogP contribution in [0.15, 0.2) is 29.6 Å². The molecule has 3 rings (SSSR count). The second kappa shape index (κ2) is 6.18. The highest BCUT2D eigenvalue weighted by atomic mass is 32.1. The molecule has 0 unspecified atom stereocenters. The first-order valence-corrected chi connectivity index (χ1v) is 7.93. The van der Waals surface area contributed by atoms with Gasteiger partial charge >= 0.3 is 0 Å². The van der Waals surface area contributed by atoms with Gasteiger partial charge in [0.05, 0.1) is 18.1 Å². The first-order chi connectivity index (χ1) is 10.3. The monoisotopic (exact) mass is 303 g/mol. The first-order valence-electron chi connectivity index (χ1n) is 7.05. The molecule has 110 valence electrons. The standard InChI is InChI=1S/C16H17NO3S/c1-2-11-6-9-21-15(11)16(18)17-12-4-5-13-14(10-12)20-8-3-7-19-13/h4-6,9-10H,2-3,7-8H2,1H3,(H,17,18). The third kappa shape index (κ3) is 3.03. The third-order valence-corrected chi connectivity index (χ3v) is 4.29. The Balaban J connectivity index is 1.79. The van der Waals surface area contributed by atoms with E-state index in [0.29, 0.717) is 19.0 Å². The van der Waals surface area contributed by atoms with Gasteiger partial charge in [0.25, 0.3) is 5.91 Å². The van der Waals surface area contributed by atoms with E-state index in [0.717, 1.165) is 34.7 Å². The van der Waals surface area contributed by atoms with E-state index in [1.165, 1.54) is 11.3 Å². The molecule has 4 nitrogen and oxygen atoms in total. The van der Waals surface area contributed by atoms with Gasteiger partial charge in [-0.25, -0.2) is 0 Å². The van der Waals surface area contributed by atoms with E-state index in [1.54, 1.807) is 0 Å². The SMILES string of the molecule is CCc1ccsc1C(=O)Nc1ccc2c(c1)OCCCO2. The summed E-state index contributed by atoms with van der Waals surface area (Å²) in [5.74, 6) is 1.35. The molecule has 0 radical (unpaired) electrons. The molecule has 0 atom stereocenters. The molecule has 0 aliphatic carbocycles. The lowest BCUT2D eigenvalue weighted by Gasteiger charge is -2.10. The molecule has 1 aliphatic heterocycles. The highest BCUT2D eigenvalue weighted by Gasteiger charge is 2.15. The molecule has 1 aromatic heterocycles. The minimum atomic E-state index is -0.0728. The van der Waals surface area contributed by atoms with Crippen molar-refractivity contribution >= 4 is 22.9 Å². The molecule has 2 heterocycles. The summed E-state index contributed by atoms with van der Waals surface area (Å²) in [5, 5.41) is 4.87. The number of nitrogens with one attached hydrogen (secondary N) is 1. The van der Waals surface area contributed by atoms with E-state index in [-0.39, 0.29) is 5.91 Å². The molecule has 0 saturated carbocycles. The van der Waals surface area contributed by atoms with Crippen LogP contribution < -0.4 is 14.8 Å². The van der Waals surface area contributed by atoms with Gasteiger partial charge in [0.1, 0.15) is 0 Å². The Morgan fingerprint density at radius 3 is 2.86 bits per heavy atom. The van der Waals surface area contributed by atoms with Crippen LogP contribution in [-0.2, 0) is 6.42 Å². The molecule has 0 bridgehead atoms. The summed E-state index contributed by atoms with van der Waals surface area (Å²) < 4.78 is 11.2. The fraction of sp³-hybridized carbons (Fsp3) is 0.312. The quantitative estimate of drug-likeness (QED) is 0.940. The van der Waals surface area contributed by atoms with Crippen molar-refractivity contribution in [3.63, 3.8) is 0 Å². The number of ether oxygens (including phenoxy) is 2. The van der Waals surface area contributed by atoms with Crippen molar-refractivity contribution in [2.45, 2.75) is 19.8 Å². The van der Waals surface area contributed by atoms with Crippen molar-refractivity contribution in [3.05, 3.63) is 40.1 Å². The molecule has 5 heteroatoms. The number of amides is 1. The van der Waals surface area contributed by atoms with E-state index in [4.69, 9.17) is 9.47 Å². The van der Waals surface area contributed by atoms with Crippen LogP contribution in [0.3, 0.4) is 0 Å². The lowest BCUT2D eigenvalue weighted by Crippen LogP contribution is -2.12. The van der Waals surface area contributed by atoms with E-state index >= 15 is 0 Å². The van der Waals surface area contributed by atoms with E-state index < -0.39 is 0 Å². The number of fused-ring (bicyclic) bond motifs is 1. The normalized spacial score (nSPS) is 13.6. The van der Waals surface area contributed by atoms with Gasteiger partial charge in [0.15, 0.2) is 11.5 Å². The fourth-order valence-electron chi connectivity index (χ4n) is 2.24. The fourth-order valence-corrected chi connectivity index (χ4v) is 3.13. The highest BCUT2D eigenvalue weighted by Crippen LogP contribution is 2.32. The predicted octanol–water partition coefficient (Wildman–Crippen LogP) is 3.72. The highest BCUT2D eigenvalue weighted by molar-refractivity contribution is 7.12. The van der Waals surface area contributed by atoms with Gasteiger partial charge < -0.3 is 14.8 Å². The van der Waals surface area contributed by atoms with Crippen molar-refractivity contribution in [2.24, 2.45) is 0 Å². The maximum Gasteiger partial charge on any atom is 0.266 e. The maximum absolute atomic E-state index is 12.3. The smallest absolute Gasteiger partial charge is 0.266 e. The summed E-state index contributed by atoms with van der Waals surface area (Å²) in [4.78, 5) is 13.1. The average molecular weight is 303 g/mol. The number of hydrogen-bond acceptors (Lipinski definition) is 4. The molecule has 0 spiro atoms. The van der Waals surface area contributed by atoms with Crippen LogP contribution in [0.1, 0.15) is 28.6 Å². The second-order valence-corrected chi connectivity index (χ2v) is 5.71. The topological polar surface area (TPSA) is 47.6 Å². The van der Waals surface area contributed by atoms with Crippen molar-refractivity contribution in [1.82, 2.24) is 0 Å². The Bertz CT molecular complexity index is 651. The Morgan fingerprint density at radius 2 is 2.05 bits per heavy atom. The predicted molar refractivity (Wildman–Crippen MR) is 83.7 cm³/mol. The summed E-state index contributed by atoms with van der Waals surface area (Å²) in [6.07, 6.45) is 1.72. The van der Waals surface area contributed by atoms with E-state index in [1.807, 2.05) is 36.6 Å². The maximum atomic E-state index is 12.3. The lowest BCUT2D eigenvalue weighted by molar-refractivity contribution is 0.103. The Kier molecular flexibility index (Phi) is 4.10. The Labute approximate surface area is 127 Å². The van der Waals surface area contributed by atoms with Gasteiger partial charge in [0.2, 0.25) is 0 Å². The van der Waals surface area contributed by atoms with Gasteiger partial charge in [-0.1, -0.05) is 6.92 Å². The van der Waals surface area contributed by atoms with Crippen LogP contribution in [0.25, 0.3) is 0 Å². The Hall–Kier alpha value is -2.01. The summed E-state index contributed by atoms with van der Waals surface area (Å²) in [5.41, 5.74) is 1.80. The number of benzene rings is 1. The lowest BCUT2D eigenvalue weighted by atomic mass is 10.2. The van der Waals surface area contributed by atoms with E-state index in [2.05, 4.69) is 5.32 Å². The minimum absolute atomic E-state index is 0.0728. The van der Waals surface area contributed by atoms with Crippen molar-refractivity contribution in [3.8, 4) is 11.5 Å². The van der Waals surface area contributed by atoms with Gasteiger partial charge in [0, 0.05) is 18.2 Å². The second-order valence-electron chi connectivity index (χ2n) is 4.79. The van der Waals surface area contributed by atoms with Gasteiger partial charge in [-0.05, 0) is 35.6 Å². The zero-order valence-electron chi connectivity index (χ0n) is 11.8. The van der Waals surface area contributed by atoms with Gasteiger partial charge in [-0.3, -0.25) is 4.79 Å². The van der Waals surface area contributed by atoms with Crippen LogP contribution >= 0.6 is 11.3 Å². The average Bonchev–Trinajstić information content (AvgIpc) is 2.86. The molecule has 0 fully saturated rings. The molecule has 2 aromatic rings. The van der Waals surface area contributed by atoms with Crippen molar-refractivity contribution in [2.75, 3.05) is 18.5 Å². The number of aryl methyl sites for hydroxylation is 1. The molecule has 1 aliphatic rings. The summed E-state index contributed by atoms with van der Waals surface area (Å²) in [6, 6.07) is 7.49. The first kappa shape index (κ1) is 13.9. The largest absolute Gasteiger partial charge is 0.490 e. The van der Waals surface area contributed by atoms with Crippen LogP contribution in [0, 0.1) is 0 Å². The van der Waals surface area contributed by atoms with Crippen molar-refractivity contribution in [1.29, 1.82) is 0 Å². The number of carbonyl (C=O) groups excluding carboxylic acids is 1. The summed E-state index contributed by atoms with van der Waals surface area (Å²) in [6.45, 7) is 3.34. The molecule has 0 saturated heterocycles. The van der Waals surface area contributed by atoms with Crippen LogP contribution in [-0.4, -0.2) is 19.1 Å². The molecule has 21 heavy (non-hydrogen) atoms. The van der Waals surface area contributed by atoms with Crippen LogP contribution in [0.2, 0.25) is 0 Å². The van der Waals surface area contributed by atoms with Crippen LogP contribution in [0.4, 0.5) is 5.69 Å². The number of carbonyl (C=O) groups is 1. The van der Waals surface area contributed by atoms with Gasteiger partial charge in [-0.15, -0.1) is 11.3 Å². The zero-order chi connectivity index (χ0) is 14.7. The molecular weight excluding hydrogens is 286 g/mol. The van der Waals surface area contributed by atoms with Crippen LogP contribution in [0.5, 0.6) is 11.5 Å².